The Hall–Kier alpha value is -0.420. The van der Waals surface area contributed by atoms with Gasteiger partial charge in [-0.15, -0.1) is 11.6 Å². The summed E-state index contributed by atoms with van der Waals surface area (Å²) in [6.07, 6.45) is 1.73. The van der Waals surface area contributed by atoms with Gasteiger partial charge in [0.05, 0.1) is 0 Å². The minimum atomic E-state index is 0.494. The molecule has 0 atom stereocenters. The molecule has 0 radical (unpaired) electrons. The van der Waals surface area contributed by atoms with E-state index in [9.17, 15) is 0 Å². The molecule has 0 aromatic carbocycles. The van der Waals surface area contributed by atoms with Crippen LogP contribution in [0.1, 0.15) is 0 Å². The second kappa shape index (κ2) is 4.58. The van der Waals surface area contributed by atoms with Gasteiger partial charge in [0, 0.05) is 12.4 Å². The number of nitrogens with zero attached hydrogens (tertiary/aromatic N) is 1. The fraction of sp³-hybridized carbons (Fsp3) is 0.667. The Labute approximate surface area is 41.7 Å². The molecule has 0 aliphatic carbocycles. The summed E-state index contributed by atoms with van der Waals surface area (Å²) >= 11 is 5.17. The normalized spacial score (nSPS) is 6.67. The van der Waals surface area contributed by atoms with Gasteiger partial charge in [-0.2, -0.15) is 5.26 Å². The van der Waals surface area contributed by atoms with Gasteiger partial charge >= 0.3 is 0 Å². The number of nitrogens with one attached hydrogen (secondary N) is 1. The highest BCUT2D eigenvalue weighted by Crippen LogP contribution is 1.65. The van der Waals surface area contributed by atoms with Crippen molar-refractivity contribution in [1.29, 1.82) is 5.26 Å². The first-order chi connectivity index (χ1) is 2.91. The van der Waals surface area contributed by atoms with Crippen molar-refractivity contribution in [3.05, 3.63) is 0 Å². The van der Waals surface area contributed by atoms with Crippen molar-refractivity contribution >= 4 is 11.6 Å². The predicted octanol–water partition coefficient (Wildman–Crippen LogP) is 0.296. The summed E-state index contributed by atoms with van der Waals surface area (Å²) in [6, 6.07) is 0. The van der Waals surface area contributed by atoms with Crippen LogP contribution in [0.25, 0.3) is 0 Å². The Morgan fingerprint density at radius 3 is 2.67 bits per heavy atom. The fourth-order valence-electron chi connectivity index (χ4n) is 0.103. The third kappa shape index (κ3) is 3.58. The molecule has 0 fully saturated rings. The van der Waals surface area contributed by atoms with Gasteiger partial charge in [-0.1, -0.05) is 0 Å². The molecule has 0 saturated heterocycles. The maximum atomic E-state index is 7.78. The number of hydrogen-bond donors (Lipinski definition) is 1. The van der Waals surface area contributed by atoms with Crippen LogP contribution in [0.2, 0.25) is 0 Å². The Kier molecular flexibility index (Phi) is 4.26. The molecule has 6 heavy (non-hydrogen) atoms. The van der Waals surface area contributed by atoms with Crippen molar-refractivity contribution in [1.82, 2.24) is 5.32 Å². The summed E-state index contributed by atoms with van der Waals surface area (Å²) in [6.45, 7) is 0.568. The second-order valence-electron chi connectivity index (χ2n) is 0.728. The Bertz CT molecular complexity index is 56.3. The SMILES string of the molecule is N#CNCCCl. The lowest BCUT2D eigenvalue weighted by atomic mass is 10.8. The summed E-state index contributed by atoms with van der Waals surface area (Å²) in [5.41, 5.74) is 0. The van der Waals surface area contributed by atoms with Crippen molar-refractivity contribution in [2.75, 3.05) is 12.4 Å². The quantitative estimate of drug-likeness (QED) is 0.237. The number of alkyl halides is 1. The molecule has 1 N–H and O–H groups in total. The number of rotatable bonds is 2. The lowest BCUT2D eigenvalue weighted by Gasteiger charge is -1.82. The van der Waals surface area contributed by atoms with Crippen LogP contribution in [-0.2, 0) is 0 Å². The van der Waals surface area contributed by atoms with Crippen molar-refractivity contribution in [2.45, 2.75) is 0 Å². The zero-order valence-electron chi connectivity index (χ0n) is 3.24. The van der Waals surface area contributed by atoms with E-state index < -0.39 is 0 Å². The van der Waals surface area contributed by atoms with Gasteiger partial charge in [0.2, 0.25) is 0 Å². The zero-order chi connectivity index (χ0) is 4.83. The topological polar surface area (TPSA) is 35.8 Å². The molecule has 0 aliphatic heterocycles. The number of halogens is 1. The van der Waals surface area contributed by atoms with Crippen molar-refractivity contribution in [3.8, 4) is 6.19 Å². The summed E-state index contributed by atoms with van der Waals surface area (Å²) in [5, 5.41) is 10.1. The van der Waals surface area contributed by atoms with Crippen LogP contribution in [0.3, 0.4) is 0 Å². The average Bonchev–Trinajstić information content (AvgIpc) is 1.61. The molecule has 0 spiro atoms. The van der Waals surface area contributed by atoms with Gasteiger partial charge in [-0.3, -0.25) is 0 Å². The molecule has 0 aromatic rings. The Balaban J connectivity index is 2.54. The lowest BCUT2D eigenvalue weighted by molar-refractivity contribution is 0.940. The molecule has 0 bridgehead atoms. The molecule has 0 aliphatic rings. The van der Waals surface area contributed by atoms with Crippen LogP contribution < -0.4 is 5.32 Å². The smallest absolute Gasteiger partial charge is 0.176 e. The third-order valence-electron chi connectivity index (χ3n) is 0.299. The van der Waals surface area contributed by atoms with E-state index in [-0.39, 0.29) is 0 Å². The molecular weight excluding hydrogens is 99.5 g/mol. The van der Waals surface area contributed by atoms with Crippen molar-refractivity contribution in [2.24, 2.45) is 0 Å². The fourth-order valence-corrected chi connectivity index (χ4v) is 0.198. The highest BCUT2D eigenvalue weighted by Gasteiger charge is 1.71. The van der Waals surface area contributed by atoms with Crippen LogP contribution in [-0.4, -0.2) is 12.4 Å². The molecule has 2 nitrogen and oxygen atoms in total. The molecule has 0 amide bonds. The number of nitriles is 1. The first-order valence-corrected chi connectivity index (χ1v) is 2.13. The number of hydrogen-bond acceptors (Lipinski definition) is 2. The third-order valence-corrected chi connectivity index (χ3v) is 0.488. The molecule has 34 valence electrons. The van der Waals surface area contributed by atoms with Gasteiger partial charge in [0.1, 0.15) is 0 Å². The molecule has 0 saturated carbocycles. The van der Waals surface area contributed by atoms with E-state index in [4.69, 9.17) is 16.9 Å². The van der Waals surface area contributed by atoms with Gasteiger partial charge in [-0.25, -0.2) is 0 Å². The van der Waals surface area contributed by atoms with Crippen LogP contribution in [0.5, 0.6) is 0 Å². The van der Waals surface area contributed by atoms with E-state index in [2.05, 4.69) is 5.32 Å². The second-order valence-corrected chi connectivity index (χ2v) is 1.11. The molecule has 0 rings (SSSR count). The minimum Gasteiger partial charge on any atom is -0.323 e. The average molecular weight is 105 g/mol. The van der Waals surface area contributed by atoms with Gasteiger partial charge < -0.3 is 5.32 Å². The van der Waals surface area contributed by atoms with Crippen molar-refractivity contribution < 1.29 is 0 Å². The van der Waals surface area contributed by atoms with Gasteiger partial charge in [0.15, 0.2) is 6.19 Å². The monoisotopic (exact) mass is 104 g/mol. The molecular formula is C3H5ClN2. The van der Waals surface area contributed by atoms with Crippen LogP contribution >= 0.6 is 11.6 Å². The standard InChI is InChI=1S/C3H5ClN2/c4-1-2-6-3-5/h6H,1-2H2. The highest BCUT2D eigenvalue weighted by molar-refractivity contribution is 6.18. The van der Waals surface area contributed by atoms with E-state index in [1.54, 1.807) is 6.19 Å². The first kappa shape index (κ1) is 5.58. The van der Waals surface area contributed by atoms with Crippen molar-refractivity contribution in [3.63, 3.8) is 0 Å². The van der Waals surface area contributed by atoms with Crippen LogP contribution in [0, 0.1) is 11.5 Å². The largest absolute Gasteiger partial charge is 0.323 e. The van der Waals surface area contributed by atoms with Crippen LogP contribution in [0.15, 0.2) is 0 Å². The Morgan fingerprint density at radius 2 is 2.50 bits per heavy atom. The van der Waals surface area contributed by atoms with Gasteiger partial charge in [0.25, 0.3) is 0 Å². The summed E-state index contributed by atoms with van der Waals surface area (Å²) < 4.78 is 0. The van der Waals surface area contributed by atoms with E-state index in [0.717, 1.165) is 0 Å². The Morgan fingerprint density at radius 1 is 1.83 bits per heavy atom. The molecule has 0 heterocycles. The summed E-state index contributed by atoms with van der Waals surface area (Å²) in [4.78, 5) is 0. The lowest BCUT2D eigenvalue weighted by Crippen LogP contribution is -2.07. The predicted molar refractivity (Wildman–Crippen MR) is 24.3 cm³/mol. The van der Waals surface area contributed by atoms with E-state index in [1.165, 1.54) is 0 Å². The summed E-state index contributed by atoms with van der Waals surface area (Å²) in [5.74, 6) is 0.494. The summed E-state index contributed by atoms with van der Waals surface area (Å²) in [7, 11) is 0. The highest BCUT2D eigenvalue weighted by atomic mass is 35.5. The molecule has 0 unspecified atom stereocenters. The van der Waals surface area contributed by atoms with E-state index in [1.807, 2.05) is 0 Å². The van der Waals surface area contributed by atoms with Crippen LogP contribution in [0.4, 0.5) is 0 Å². The molecule has 0 aromatic heterocycles. The maximum absolute atomic E-state index is 7.78. The molecule has 3 heteroatoms. The zero-order valence-corrected chi connectivity index (χ0v) is 4.00. The first-order valence-electron chi connectivity index (χ1n) is 1.59. The maximum Gasteiger partial charge on any atom is 0.176 e. The van der Waals surface area contributed by atoms with E-state index in [0.29, 0.717) is 12.4 Å². The van der Waals surface area contributed by atoms with Gasteiger partial charge in [-0.05, 0) is 0 Å². The van der Waals surface area contributed by atoms with E-state index >= 15 is 0 Å². The minimum absolute atomic E-state index is 0.494.